The van der Waals surface area contributed by atoms with Crippen molar-refractivity contribution < 1.29 is 14.1 Å². The third-order valence-corrected chi connectivity index (χ3v) is 5.75. The third-order valence-electron chi connectivity index (χ3n) is 5.75. The van der Waals surface area contributed by atoms with Crippen molar-refractivity contribution in [1.82, 2.24) is 24.6 Å². The monoisotopic (exact) mass is 443 g/mol. The summed E-state index contributed by atoms with van der Waals surface area (Å²) in [5.41, 5.74) is 4.91. The van der Waals surface area contributed by atoms with Crippen LogP contribution in [-0.4, -0.2) is 56.8 Å². The first kappa shape index (κ1) is 21.1. The zero-order chi connectivity index (χ0) is 22.6. The lowest BCUT2D eigenvalue weighted by atomic mass is 10.1. The minimum absolute atomic E-state index is 0.148. The van der Waals surface area contributed by atoms with Crippen LogP contribution in [0.4, 0.5) is 0 Å². The summed E-state index contributed by atoms with van der Waals surface area (Å²) in [6, 6.07) is 14.1. The summed E-state index contributed by atoms with van der Waals surface area (Å²) in [4.78, 5) is 23.3. The second-order valence-corrected chi connectivity index (χ2v) is 8.08. The van der Waals surface area contributed by atoms with Gasteiger partial charge in [0.2, 0.25) is 11.7 Å². The SMILES string of the molecule is Cc1ccc(/C=C/c2nc(-c3ccc4c(c3)ncn4CCC(=O)N3CCOCC3)no2)cc1. The van der Waals surface area contributed by atoms with E-state index in [1.165, 1.54) is 5.56 Å². The molecule has 33 heavy (non-hydrogen) atoms. The molecule has 0 bridgehead atoms. The minimum atomic E-state index is 0.148. The second-order valence-electron chi connectivity index (χ2n) is 8.08. The molecule has 0 unspecified atom stereocenters. The molecule has 5 rings (SSSR count). The molecule has 8 heteroatoms. The Bertz CT molecular complexity index is 1280. The van der Waals surface area contributed by atoms with Gasteiger partial charge in [-0.25, -0.2) is 4.98 Å². The molecule has 8 nitrogen and oxygen atoms in total. The number of hydrogen-bond acceptors (Lipinski definition) is 6. The van der Waals surface area contributed by atoms with Gasteiger partial charge in [-0.1, -0.05) is 35.0 Å². The topological polar surface area (TPSA) is 86.3 Å². The summed E-state index contributed by atoms with van der Waals surface area (Å²) < 4.78 is 12.7. The Morgan fingerprint density at radius 3 is 2.73 bits per heavy atom. The van der Waals surface area contributed by atoms with Crippen molar-refractivity contribution in [2.24, 2.45) is 0 Å². The number of imidazole rings is 1. The molecule has 1 aliphatic heterocycles. The van der Waals surface area contributed by atoms with Gasteiger partial charge in [0.1, 0.15) is 0 Å². The largest absolute Gasteiger partial charge is 0.378 e. The molecule has 3 heterocycles. The average molecular weight is 444 g/mol. The van der Waals surface area contributed by atoms with E-state index in [-0.39, 0.29) is 5.91 Å². The van der Waals surface area contributed by atoms with E-state index >= 15 is 0 Å². The summed E-state index contributed by atoms with van der Waals surface area (Å²) in [7, 11) is 0. The molecule has 0 spiro atoms. The van der Waals surface area contributed by atoms with Crippen LogP contribution in [-0.2, 0) is 16.1 Å². The molecule has 2 aromatic carbocycles. The first-order valence-corrected chi connectivity index (χ1v) is 11.0. The number of fused-ring (bicyclic) bond motifs is 1. The van der Waals surface area contributed by atoms with Crippen LogP contribution >= 0.6 is 0 Å². The number of carbonyl (C=O) groups excluding carboxylic acids is 1. The number of aromatic nitrogens is 4. The lowest BCUT2D eigenvalue weighted by Gasteiger charge is -2.26. The average Bonchev–Trinajstić information content (AvgIpc) is 3.49. The van der Waals surface area contributed by atoms with Gasteiger partial charge >= 0.3 is 0 Å². The number of hydrogen-bond donors (Lipinski definition) is 0. The van der Waals surface area contributed by atoms with Crippen LogP contribution in [0.2, 0.25) is 0 Å². The van der Waals surface area contributed by atoms with Gasteiger partial charge in [0.05, 0.1) is 30.6 Å². The summed E-state index contributed by atoms with van der Waals surface area (Å²) in [5, 5.41) is 4.11. The molecule has 4 aromatic rings. The van der Waals surface area contributed by atoms with Crippen molar-refractivity contribution in [2.45, 2.75) is 19.9 Å². The molecular formula is C25H25N5O3. The van der Waals surface area contributed by atoms with Crippen molar-refractivity contribution in [2.75, 3.05) is 26.3 Å². The normalized spacial score (nSPS) is 14.4. The molecule has 0 radical (unpaired) electrons. The van der Waals surface area contributed by atoms with Crippen LogP contribution in [0, 0.1) is 6.92 Å². The summed E-state index contributed by atoms with van der Waals surface area (Å²) in [6.07, 6.45) is 5.96. The van der Waals surface area contributed by atoms with Crippen LogP contribution in [0.1, 0.15) is 23.4 Å². The molecule has 1 fully saturated rings. The highest BCUT2D eigenvalue weighted by Crippen LogP contribution is 2.22. The maximum atomic E-state index is 12.4. The number of aryl methyl sites for hydroxylation is 2. The van der Waals surface area contributed by atoms with Crippen molar-refractivity contribution in [3.05, 3.63) is 65.8 Å². The van der Waals surface area contributed by atoms with E-state index in [4.69, 9.17) is 9.26 Å². The van der Waals surface area contributed by atoms with Gasteiger partial charge in [0.25, 0.3) is 5.89 Å². The fraction of sp³-hybridized carbons (Fsp3) is 0.280. The van der Waals surface area contributed by atoms with Crippen LogP contribution in [0.3, 0.4) is 0 Å². The predicted octanol–water partition coefficient (Wildman–Crippen LogP) is 3.81. The predicted molar refractivity (Wildman–Crippen MR) is 125 cm³/mol. The zero-order valence-electron chi connectivity index (χ0n) is 18.5. The second kappa shape index (κ2) is 9.38. The standard InChI is InChI=1S/C25H25N5O3/c1-18-2-4-19(5-3-18)6-9-23-27-25(28-33-23)20-7-8-22-21(16-20)26-17-30(22)11-10-24(31)29-12-14-32-15-13-29/h2-9,16-17H,10-15H2,1H3/b9-6+. The number of amides is 1. The molecule has 0 saturated carbocycles. The van der Waals surface area contributed by atoms with E-state index in [2.05, 4.69) is 34.2 Å². The van der Waals surface area contributed by atoms with E-state index in [1.54, 1.807) is 12.4 Å². The van der Waals surface area contributed by atoms with Crippen molar-refractivity contribution >= 4 is 29.1 Å². The van der Waals surface area contributed by atoms with Crippen molar-refractivity contribution in [1.29, 1.82) is 0 Å². The van der Waals surface area contributed by atoms with E-state index < -0.39 is 0 Å². The lowest BCUT2D eigenvalue weighted by Crippen LogP contribution is -2.40. The Labute approximate surface area is 191 Å². The van der Waals surface area contributed by atoms with Crippen LogP contribution in [0.5, 0.6) is 0 Å². The number of morpholine rings is 1. The number of benzene rings is 2. The Morgan fingerprint density at radius 2 is 1.91 bits per heavy atom. The first-order chi connectivity index (χ1) is 16.2. The molecule has 0 N–H and O–H groups in total. The Hall–Kier alpha value is -3.78. The fourth-order valence-corrected chi connectivity index (χ4v) is 3.83. The first-order valence-electron chi connectivity index (χ1n) is 11.0. The summed E-state index contributed by atoms with van der Waals surface area (Å²) in [5.74, 6) is 1.10. The number of ether oxygens (including phenoxy) is 1. The fourth-order valence-electron chi connectivity index (χ4n) is 3.83. The Morgan fingerprint density at radius 1 is 1.09 bits per heavy atom. The van der Waals surface area contributed by atoms with Gasteiger partial charge in [0, 0.05) is 37.7 Å². The highest BCUT2D eigenvalue weighted by Gasteiger charge is 2.17. The van der Waals surface area contributed by atoms with Gasteiger partial charge in [-0.15, -0.1) is 0 Å². The molecule has 168 valence electrons. The highest BCUT2D eigenvalue weighted by molar-refractivity contribution is 5.81. The van der Waals surface area contributed by atoms with Gasteiger partial charge in [-0.2, -0.15) is 4.98 Å². The van der Waals surface area contributed by atoms with Crippen LogP contribution in [0.15, 0.2) is 53.3 Å². The minimum Gasteiger partial charge on any atom is -0.378 e. The Kier molecular flexibility index (Phi) is 5.99. The van der Waals surface area contributed by atoms with E-state index in [1.807, 2.05) is 45.9 Å². The smallest absolute Gasteiger partial charge is 0.250 e. The molecule has 0 atom stereocenters. The lowest BCUT2D eigenvalue weighted by molar-refractivity contribution is -0.135. The maximum absolute atomic E-state index is 12.4. The van der Waals surface area contributed by atoms with Crippen molar-refractivity contribution in [3.63, 3.8) is 0 Å². The molecule has 2 aromatic heterocycles. The van der Waals surface area contributed by atoms with E-state index in [9.17, 15) is 4.79 Å². The zero-order valence-corrected chi connectivity index (χ0v) is 18.5. The molecule has 0 aliphatic carbocycles. The summed E-state index contributed by atoms with van der Waals surface area (Å²) >= 11 is 0. The third kappa shape index (κ3) is 4.85. The van der Waals surface area contributed by atoms with Crippen molar-refractivity contribution in [3.8, 4) is 11.4 Å². The van der Waals surface area contributed by atoms with E-state index in [0.29, 0.717) is 51.0 Å². The molecule has 1 amide bonds. The van der Waals surface area contributed by atoms with Crippen LogP contribution < -0.4 is 0 Å². The maximum Gasteiger partial charge on any atom is 0.250 e. The Balaban J connectivity index is 1.26. The molecule has 1 aliphatic rings. The quantitative estimate of drug-likeness (QED) is 0.450. The number of carbonyl (C=O) groups is 1. The van der Waals surface area contributed by atoms with Gasteiger partial charge in [-0.05, 0) is 36.8 Å². The van der Waals surface area contributed by atoms with Gasteiger partial charge in [-0.3, -0.25) is 4.79 Å². The molecular weight excluding hydrogens is 418 g/mol. The summed E-state index contributed by atoms with van der Waals surface area (Å²) in [6.45, 7) is 5.20. The van der Waals surface area contributed by atoms with Gasteiger partial charge in [0.15, 0.2) is 0 Å². The highest BCUT2D eigenvalue weighted by atomic mass is 16.5. The van der Waals surface area contributed by atoms with Gasteiger partial charge < -0.3 is 18.7 Å². The van der Waals surface area contributed by atoms with E-state index in [0.717, 1.165) is 22.2 Å². The molecule has 1 saturated heterocycles. The number of rotatable bonds is 6. The number of nitrogens with zero attached hydrogens (tertiary/aromatic N) is 5. The van der Waals surface area contributed by atoms with Crippen LogP contribution in [0.25, 0.3) is 34.6 Å².